The summed E-state index contributed by atoms with van der Waals surface area (Å²) in [5.74, 6) is 1.24. The number of furan rings is 1. The average Bonchev–Trinajstić information content (AvgIpc) is 3.12. The molecular weight excluding hydrogens is 316 g/mol. The molecule has 0 aliphatic rings. The molecular formula is C20H26N2O3. The Kier molecular flexibility index (Phi) is 6.81. The standard InChI is InChI=1S/C20H26N2O3/c1-15(2)6-11-19(23)22(14-18-5-4-12-25-18)13-16-7-9-17(10-8-16)20(24)21-3/h4-5,7-10,12,15H,6,11,13-14H2,1-3H3,(H,21,24). The summed E-state index contributed by atoms with van der Waals surface area (Å²) in [6.45, 7) is 5.16. The van der Waals surface area contributed by atoms with Crippen LogP contribution in [0.3, 0.4) is 0 Å². The van der Waals surface area contributed by atoms with E-state index in [4.69, 9.17) is 4.42 Å². The number of amides is 2. The van der Waals surface area contributed by atoms with Gasteiger partial charge in [0.25, 0.3) is 5.91 Å². The van der Waals surface area contributed by atoms with Crippen LogP contribution in [-0.4, -0.2) is 23.8 Å². The summed E-state index contributed by atoms with van der Waals surface area (Å²) in [6.07, 6.45) is 3.00. The molecule has 25 heavy (non-hydrogen) atoms. The summed E-state index contributed by atoms with van der Waals surface area (Å²) in [5, 5.41) is 2.60. The number of hydrogen-bond donors (Lipinski definition) is 1. The topological polar surface area (TPSA) is 62.6 Å². The molecule has 0 spiro atoms. The van der Waals surface area contributed by atoms with Gasteiger partial charge in [-0.1, -0.05) is 26.0 Å². The van der Waals surface area contributed by atoms with Crippen LogP contribution in [-0.2, 0) is 17.9 Å². The quantitative estimate of drug-likeness (QED) is 0.797. The van der Waals surface area contributed by atoms with Crippen molar-refractivity contribution < 1.29 is 14.0 Å². The fourth-order valence-electron chi connectivity index (χ4n) is 2.52. The van der Waals surface area contributed by atoms with Crippen molar-refractivity contribution in [1.82, 2.24) is 10.2 Å². The number of hydrogen-bond acceptors (Lipinski definition) is 3. The minimum atomic E-state index is -0.119. The molecule has 2 aromatic rings. The molecule has 0 atom stereocenters. The van der Waals surface area contributed by atoms with Gasteiger partial charge in [0.15, 0.2) is 0 Å². The lowest BCUT2D eigenvalue weighted by atomic mass is 10.1. The van der Waals surface area contributed by atoms with Gasteiger partial charge in [-0.05, 0) is 42.2 Å². The Morgan fingerprint density at radius 3 is 2.40 bits per heavy atom. The van der Waals surface area contributed by atoms with E-state index in [0.717, 1.165) is 17.7 Å². The van der Waals surface area contributed by atoms with Gasteiger partial charge >= 0.3 is 0 Å². The van der Waals surface area contributed by atoms with Crippen molar-refractivity contribution in [2.24, 2.45) is 5.92 Å². The Morgan fingerprint density at radius 2 is 1.84 bits per heavy atom. The highest BCUT2D eigenvalue weighted by molar-refractivity contribution is 5.93. The SMILES string of the molecule is CNC(=O)c1ccc(CN(Cc2ccco2)C(=O)CCC(C)C)cc1. The summed E-state index contributed by atoms with van der Waals surface area (Å²) >= 11 is 0. The van der Waals surface area contributed by atoms with E-state index in [1.54, 1.807) is 30.3 Å². The first-order valence-electron chi connectivity index (χ1n) is 8.60. The zero-order valence-electron chi connectivity index (χ0n) is 15.1. The average molecular weight is 342 g/mol. The number of nitrogens with zero attached hydrogens (tertiary/aromatic N) is 1. The van der Waals surface area contributed by atoms with Crippen LogP contribution in [0.5, 0.6) is 0 Å². The van der Waals surface area contributed by atoms with Crippen molar-refractivity contribution in [3.05, 3.63) is 59.5 Å². The zero-order chi connectivity index (χ0) is 18.2. The Hall–Kier alpha value is -2.56. The maximum Gasteiger partial charge on any atom is 0.251 e. The van der Waals surface area contributed by atoms with E-state index in [1.807, 2.05) is 24.3 Å². The number of rotatable bonds is 8. The molecule has 0 bridgehead atoms. The molecule has 0 saturated carbocycles. The highest BCUT2D eigenvalue weighted by atomic mass is 16.3. The maximum absolute atomic E-state index is 12.6. The van der Waals surface area contributed by atoms with E-state index in [2.05, 4.69) is 19.2 Å². The number of nitrogens with one attached hydrogen (secondary N) is 1. The van der Waals surface area contributed by atoms with Gasteiger partial charge in [0.05, 0.1) is 12.8 Å². The first-order valence-corrected chi connectivity index (χ1v) is 8.60. The Morgan fingerprint density at radius 1 is 1.12 bits per heavy atom. The van der Waals surface area contributed by atoms with E-state index >= 15 is 0 Å². The summed E-state index contributed by atoms with van der Waals surface area (Å²) in [6, 6.07) is 11.0. The van der Waals surface area contributed by atoms with Crippen LogP contribution in [0, 0.1) is 5.92 Å². The summed E-state index contributed by atoms with van der Waals surface area (Å²) in [4.78, 5) is 26.0. The number of carbonyl (C=O) groups excluding carboxylic acids is 2. The Labute approximate surface area is 149 Å². The van der Waals surface area contributed by atoms with Crippen molar-refractivity contribution in [3.63, 3.8) is 0 Å². The summed E-state index contributed by atoms with van der Waals surface area (Å²) in [7, 11) is 1.61. The normalized spacial score (nSPS) is 10.7. The van der Waals surface area contributed by atoms with Crippen LogP contribution < -0.4 is 5.32 Å². The van der Waals surface area contributed by atoms with Gasteiger partial charge in [0, 0.05) is 25.6 Å². The second kappa shape index (κ2) is 9.06. The van der Waals surface area contributed by atoms with Crippen LogP contribution in [0.1, 0.15) is 48.4 Å². The smallest absolute Gasteiger partial charge is 0.251 e. The fourth-order valence-corrected chi connectivity index (χ4v) is 2.52. The molecule has 1 heterocycles. The molecule has 1 aromatic heterocycles. The monoisotopic (exact) mass is 342 g/mol. The zero-order valence-corrected chi connectivity index (χ0v) is 15.1. The molecule has 0 aliphatic carbocycles. The van der Waals surface area contributed by atoms with E-state index in [-0.39, 0.29) is 11.8 Å². The van der Waals surface area contributed by atoms with Crippen molar-refractivity contribution in [2.45, 2.75) is 39.8 Å². The lowest BCUT2D eigenvalue weighted by molar-refractivity contribution is -0.133. The largest absolute Gasteiger partial charge is 0.467 e. The molecule has 5 nitrogen and oxygen atoms in total. The van der Waals surface area contributed by atoms with Gasteiger partial charge in [-0.25, -0.2) is 0 Å². The predicted molar refractivity (Wildman–Crippen MR) is 96.9 cm³/mol. The molecule has 2 rings (SSSR count). The van der Waals surface area contributed by atoms with E-state index in [1.165, 1.54) is 0 Å². The second-order valence-corrected chi connectivity index (χ2v) is 6.54. The Bertz CT molecular complexity index is 675. The third kappa shape index (κ3) is 5.78. The molecule has 1 N–H and O–H groups in total. The molecule has 0 aliphatic heterocycles. The third-order valence-electron chi connectivity index (χ3n) is 4.03. The van der Waals surface area contributed by atoms with Crippen molar-refractivity contribution >= 4 is 11.8 Å². The molecule has 0 saturated heterocycles. The van der Waals surface area contributed by atoms with Gasteiger partial charge in [0.1, 0.15) is 5.76 Å². The molecule has 2 amide bonds. The summed E-state index contributed by atoms with van der Waals surface area (Å²) < 4.78 is 5.40. The summed E-state index contributed by atoms with van der Waals surface area (Å²) in [5.41, 5.74) is 1.59. The minimum Gasteiger partial charge on any atom is -0.467 e. The van der Waals surface area contributed by atoms with Gasteiger partial charge in [-0.15, -0.1) is 0 Å². The number of benzene rings is 1. The minimum absolute atomic E-state index is 0.112. The van der Waals surface area contributed by atoms with Gasteiger partial charge in [0.2, 0.25) is 5.91 Å². The van der Waals surface area contributed by atoms with Crippen LogP contribution in [0.15, 0.2) is 47.1 Å². The van der Waals surface area contributed by atoms with Crippen LogP contribution in [0.4, 0.5) is 0 Å². The second-order valence-electron chi connectivity index (χ2n) is 6.54. The van der Waals surface area contributed by atoms with Crippen LogP contribution >= 0.6 is 0 Å². The fraction of sp³-hybridized carbons (Fsp3) is 0.400. The van der Waals surface area contributed by atoms with Gasteiger partial charge in [-0.3, -0.25) is 9.59 Å². The lowest BCUT2D eigenvalue weighted by Gasteiger charge is -2.22. The van der Waals surface area contributed by atoms with E-state index in [0.29, 0.717) is 31.0 Å². The first kappa shape index (κ1) is 18.8. The van der Waals surface area contributed by atoms with E-state index in [9.17, 15) is 9.59 Å². The van der Waals surface area contributed by atoms with Crippen LogP contribution in [0.2, 0.25) is 0 Å². The van der Waals surface area contributed by atoms with Crippen molar-refractivity contribution in [1.29, 1.82) is 0 Å². The molecule has 5 heteroatoms. The lowest BCUT2D eigenvalue weighted by Crippen LogP contribution is -2.30. The molecule has 0 unspecified atom stereocenters. The number of carbonyl (C=O) groups is 2. The highest BCUT2D eigenvalue weighted by Crippen LogP contribution is 2.15. The van der Waals surface area contributed by atoms with Gasteiger partial charge in [-0.2, -0.15) is 0 Å². The predicted octanol–water partition coefficient (Wildman–Crippen LogP) is 3.60. The first-order chi connectivity index (χ1) is 12.0. The van der Waals surface area contributed by atoms with Crippen molar-refractivity contribution in [2.75, 3.05) is 7.05 Å². The molecule has 134 valence electrons. The highest BCUT2D eigenvalue weighted by Gasteiger charge is 2.16. The van der Waals surface area contributed by atoms with Crippen LogP contribution in [0.25, 0.3) is 0 Å². The Balaban J connectivity index is 2.08. The molecule has 0 fully saturated rings. The third-order valence-corrected chi connectivity index (χ3v) is 4.03. The van der Waals surface area contributed by atoms with E-state index < -0.39 is 0 Å². The molecule has 0 radical (unpaired) electrons. The van der Waals surface area contributed by atoms with Crippen molar-refractivity contribution in [3.8, 4) is 0 Å². The molecule has 1 aromatic carbocycles. The maximum atomic E-state index is 12.6. The van der Waals surface area contributed by atoms with Gasteiger partial charge < -0.3 is 14.6 Å².